The summed E-state index contributed by atoms with van der Waals surface area (Å²) < 4.78 is 65.4. The molecule has 3 aromatic rings. The molecule has 1 saturated carbocycles. The van der Waals surface area contributed by atoms with Gasteiger partial charge in [0.15, 0.2) is 11.6 Å². The van der Waals surface area contributed by atoms with E-state index >= 15 is 0 Å². The van der Waals surface area contributed by atoms with Gasteiger partial charge in [-0.2, -0.15) is 4.37 Å². The maximum absolute atomic E-state index is 14.6. The van der Waals surface area contributed by atoms with Gasteiger partial charge in [-0.15, -0.1) is 0 Å². The third-order valence-corrected chi connectivity index (χ3v) is 8.29. The van der Waals surface area contributed by atoms with E-state index in [2.05, 4.69) is 31.5 Å². The number of sulfonamides is 1. The van der Waals surface area contributed by atoms with Crippen LogP contribution in [0.5, 0.6) is 5.75 Å². The van der Waals surface area contributed by atoms with Gasteiger partial charge >= 0.3 is 0 Å². The van der Waals surface area contributed by atoms with Gasteiger partial charge in [-0.05, 0) is 50.1 Å². The van der Waals surface area contributed by atoms with Gasteiger partial charge in [-0.3, -0.25) is 4.72 Å². The smallest absolute Gasteiger partial charge is 0.266 e. The maximum atomic E-state index is 14.6. The van der Waals surface area contributed by atoms with Crippen molar-refractivity contribution in [1.82, 2.24) is 14.7 Å². The van der Waals surface area contributed by atoms with Crippen LogP contribution >= 0.6 is 11.5 Å². The predicted molar refractivity (Wildman–Crippen MR) is 127 cm³/mol. The van der Waals surface area contributed by atoms with E-state index in [0.717, 1.165) is 43.2 Å². The fraction of sp³-hybridized carbons (Fsp3) is 0.391. The largest absolute Gasteiger partial charge is 0.490 e. The van der Waals surface area contributed by atoms with E-state index in [9.17, 15) is 17.2 Å². The molecule has 0 spiro atoms. The molecule has 1 aliphatic carbocycles. The van der Waals surface area contributed by atoms with Gasteiger partial charge in [0.25, 0.3) is 10.0 Å². The van der Waals surface area contributed by atoms with Crippen molar-refractivity contribution in [3.8, 4) is 5.75 Å². The Hall–Kier alpha value is -2.63. The van der Waals surface area contributed by atoms with Crippen LogP contribution in [0.15, 0.2) is 53.7 Å². The standard InChI is InChI=1S/C23H26F2N4O3S2/c1-26-17-7-8-18(15-5-3-2-4-6-15)16(11-17)9-10-32-21-12-20(25)22(13-19(21)24)34(30,31)29-23-27-14-28-33-23/h2-6,12-14,16-18,26H,7-11H2,1H3,(H,27,28,29). The zero-order chi connectivity index (χ0) is 24.1. The summed E-state index contributed by atoms with van der Waals surface area (Å²) in [6, 6.07) is 12.1. The van der Waals surface area contributed by atoms with E-state index in [1.54, 1.807) is 0 Å². The van der Waals surface area contributed by atoms with Crippen molar-refractivity contribution >= 4 is 26.7 Å². The minimum atomic E-state index is -4.36. The third-order valence-electron chi connectivity index (χ3n) is 6.22. The van der Waals surface area contributed by atoms with Gasteiger partial charge in [-0.1, -0.05) is 30.3 Å². The molecule has 3 atom stereocenters. The van der Waals surface area contributed by atoms with Crippen molar-refractivity contribution in [1.29, 1.82) is 0 Å². The number of ether oxygens (including phenoxy) is 1. The molecule has 182 valence electrons. The topological polar surface area (TPSA) is 93.2 Å². The second-order valence-corrected chi connectivity index (χ2v) is 10.7. The SMILES string of the molecule is CNC1CCC(c2ccccc2)C(CCOc2cc(F)c(S(=O)(=O)Nc3ncns3)cc2F)C1. The molecule has 1 fully saturated rings. The summed E-state index contributed by atoms with van der Waals surface area (Å²) in [4.78, 5) is 2.87. The normalized spacial score (nSPS) is 20.7. The third kappa shape index (κ3) is 5.70. The van der Waals surface area contributed by atoms with Crippen LogP contribution in [0.4, 0.5) is 13.9 Å². The van der Waals surface area contributed by atoms with Crippen LogP contribution in [-0.4, -0.2) is 37.5 Å². The minimum absolute atomic E-state index is 0.0412. The fourth-order valence-corrected chi connectivity index (χ4v) is 6.25. The van der Waals surface area contributed by atoms with Crippen LogP contribution < -0.4 is 14.8 Å². The summed E-state index contributed by atoms with van der Waals surface area (Å²) >= 11 is 0.786. The molecule has 0 amide bonds. The average molecular weight is 509 g/mol. The van der Waals surface area contributed by atoms with E-state index < -0.39 is 26.6 Å². The van der Waals surface area contributed by atoms with Gasteiger partial charge in [-0.25, -0.2) is 22.2 Å². The monoisotopic (exact) mass is 508 g/mol. The van der Waals surface area contributed by atoms with Crippen molar-refractivity contribution in [3.63, 3.8) is 0 Å². The minimum Gasteiger partial charge on any atom is -0.490 e. The van der Waals surface area contributed by atoms with E-state index in [4.69, 9.17) is 4.74 Å². The molecule has 2 N–H and O–H groups in total. The lowest BCUT2D eigenvalue weighted by Gasteiger charge is -2.36. The first-order valence-electron chi connectivity index (χ1n) is 11.0. The van der Waals surface area contributed by atoms with Crippen molar-refractivity contribution in [2.24, 2.45) is 5.92 Å². The zero-order valence-corrected chi connectivity index (χ0v) is 20.2. The summed E-state index contributed by atoms with van der Waals surface area (Å²) in [5, 5.41) is 3.30. The van der Waals surface area contributed by atoms with Crippen LogP contribution in [0.3, 0.4) is 0 Å². The van der Waals surface area contributed by atoms with Crippen molar-refractivity contribution in [2.75, 3.05) is 18.4 Å². The summed E-state index contributed by atoms with van der Waals surface area (Å²) in [6.07, 6.45) is 4.90. The summed E-state index contributed by atoms with van der Waals surface area (Å²) in [6.45, 7) is 0.190. The molecule has 1 heterocycles. The second kappa shape index (κ2) is 10.7. The Balaban J connectivity index is 1.44. The highest BCUT2D eigenvalue weighted by atomic mass is 32.2. The first kappa shape index (κ1) is 24.5. The molecule has 11 heteroatoms. The van der Waals surface area contributed by atoms with E-state index in [-0.39, 0.29) is 17.5 Å². The Labute approximate surface area is 201 Å². The second-order valence-electron chi connectivity index (χ2n) is 8.28. The van der Waals surface area contributed by atoms with Crippen LogP contribution in [0.25, 0.3) is 0 Å². The molecule has 1 aromatic heterocycles. The molecular weight excluding hydrogens is 482 g/mol. The zero-order valence-electron chi connectivity index (χ0n) is 18.6. The first-order chi connectivity index (χ1) is 16.4. The number of halogens is 2. The molecule has 7 nitrogen and oxygen atoms in total. The van der Waals surface area contributed by atoms with Crippen LogP contribution in [0, 0.1) is 17.6 Å². The Morgan fingerprint density at radius 3 is 2.65 bits per heavy atom. The molecule has 1 aliphatic rings. The predicted octanol–water partition coefficient (Wildman–Crippen LogP) is 4.56. The van der Waals surface area contributed by atoms with Gasteiger partial charge in [0.2, 0.25) is 5.13 Å². The van der Waals surface area contributed by atoms with Gasteiger partial charge < -0.3 is 10.1 Å². The average Bonchev–Trinajstić information content (AvgIpc) is 3.33. The number of nitrogens with zero attached hydrogens (tertiary/aromatic N) is 2. The quantitative estimate of drug-likeness (QED) is 0.440. The number of nitrogens with one attached hydrogen (secondary N) is 2. The lowest BCUT2D eigenvalue weighted by atomic mass is 9.72. The van der Waals surface area contributed by atoms with Crippen LogP contribution in [0.2, 0.25) is 0 Å². The molecule has 0 aliphatic heterocycles. The number of aromatic nitrogens is 2. The molecule has 2 aromatic carbocycles. The number of hydrogen-bond acceptors (Lipinski definition) is 7. The van der Waals surface area contributed by atoms with E-state index in [1.807, 2.05) is 25.2 Å². The highest BCUT2D eigenvalue weighted by Gasteiger charge is 2.31. The molecule has 0 radical (unpaired) electrons. The Bertz CT molecular complexity index is 1190. The maximum Gasteiger partial charge on any atom is 0.266 e. The summed E-state index contributed by atoms with van der Waals surface area (Å²) in [5.74, 6) is -1.68. The van der Waals surface area contributed by atoms with Crippen molar-refractivity contribution in [2.45, 2.75) is 42.5 Å². The highest BCUT2D eigenvalue weighted by molar-refractivity contribution is 7.93. The lowest BCUT2D eigenvalue weighted by molar-refractivity contribution is 0.198. The number of hydrogen-bond donors (Lipinski definition) is 2. The number of anilines is 1. The van der Waals surface area contributed by atoms with Gasteiger partial charge in [0.05, 0.1) is 6.61 Å². The van der Waals surface area contributed by atoms with Crippen LogP contribution in [0.1, 0.15) is 37.2 Å². The van der Waals surface area contributed by atoms with E-state index in [1.165, 1.54) is 5.56 Å². The molecule has 34 heavy (non-hydrogen) atoms. The van der Waals surface area contributed by atoms with Crippen molar-refractivity contribution < 1.29 is 21.9 Å². The highest BCUT2D eigenvalue weighted by Crippen LogP contribution is 2.40. The Morgan fingerprint density at radius 1 is 1.15 bits per heavy atom. The fourth-order valence-electron chi connectivity index (χ4n) is 4.52. The molecule has 4 rings (SSSR count). The van der Waals surface area contributed by atoms with Gasteiger partial charge in [0, 0.05) is 29.7 Å². The summed E-state index contributed by atoms with van der Waals surface area (Å²) in [5.41, 5.74) is 1.27. The molecule has 3 unspecified atom stereocenters. The van der Waals surface area contributed by atoms with Gasteiger partial charge in [0.1, 0.15) is 17.0 Å². The van der Waals surface area contributed by atoms with Crippen molar-refractivity contribution in [3.05, 3.63) is 66.0 Å². The van der Waals surface area contributed by atoms with E-state index in [0.29, 0.717) is 30.4 Å². The van der Waals surface area contributed by atoms with Crippen LogP contribution in [-0.2, 0) is 10.0 Å². The summed E-state index contributed by atoms with van der Waals surface area (Å²) in [7, 11) is -2.40. The number of rotatable bonds is 9. The first-order valence-corrected chi connectivity index (χ1v) is 13.3. The molecular formula is C23H26F2N4O3S2. The molecule has 0 saturated heterocycles. The molecule has 0 bridgehead atoms. The Morgan fingerprint density at radius 2 is 1.94 bits per heavy atom. The number of benzene rings is 2. The lowest BCUT2D eigenvalue weighted by Crippen LogP contribution is -2.35. The Kier molecular flexibility index (Phi) is 7.74.